The third-order valence-electron chi connectivity index (χ3n) is 4.67. The Balaban J connectivity index is 1.80. The van der Waals surface area contributed by atoms with Gasteiger partial charge in [0, 0.05) is 25.1 Å². The largest absolute Gasteiger partial charge is 0.295 e. The maximum Gasteiger partial charge on any atom is 0.295 e. The van der Waals surface area contributed by atoms with Crippen LogP contribution in [-0.4, -0.2) is 36.6 Å². The molecule has 2 aliphatic rings. The van der Waals surface area contributed by atoms with Gasteiger partial charge in [-0.2, -0.15) is 4.31 Å². The fourth-order valence-corrected chi connectivity index (χ4v) is 4.45. The highest BCUT2D eigenvalue weighted by molar-refractivity contribution is 7.89. The molecular weight excluding hydrogens is 348 g/mol. The number of nitro groups is 1. The van der Waals surface area contributed by atoms with E-state index in [0.29, 0.717) is 13.1 Å². The van der Waals surface area contributed by atoms with E-state index in [4.69, 9.17) is 0 Å². The van der Waals surface area contributed by atoms with E-state index in [1.165, 1.54) is 16.4 Å². The van der Waals surface area contributed by atoms with Gasteiger partial charge in [0.2, 0.25) is 15.9 Å². The first-order chi connectivity index (χ1) is 11.9. The summed E-state index contributed by atoms with van der Waals surface area (Å²) in [5.74, 6) is -0.282. The zero-order chi connectivity index (χ0) is 18.0. The summed E-state index contributed by atoms with van der Waals surface area (Å²) in [5.41, 5.74) is 4.66. The van der Waals surface area contributed by atoms with Gasteiger partial charge in [-0.25, -0.2) is 8.42 Å². The maximum absolute atomic E-state index is 12.5. The summed E-state index contributed by atoms with van der Waals surface area (Å²) in [6.07, 6.45) is 4.19. The fourth-order valence-electron chi connectivity index (χ4n) is 2.91. The van der Waals surface area contributed by atoms with E-state index >= 15 is 0 Å². The van der Waals surface area contributed by atoms with Crippen LogP contribution in [0, 0.1) is 16.0 Å². The summed E-state index contributed by atoms with van der Waals surface area (Å²) in [4.78, 5) is 22.4. The van der Waals surface area contributed by atoms with Gasteiger partial charge in [-0.05, 0) is 37.8 Å². The van der Waals surface area contributed by atoms with E-state index in [-0.39, 0.29) is 22.4 Å². The number of rotatable bonds is 6. The van der Waals surface area contributed by atoms with E-state index in [9.17, 15) is 23.3 Å². The molecule has 0 aromatic heterocycles. The summed E-state index contributed by atoms with van der Waals surface area (Å²) in [5, 5.41) is 11.3. The van der Waals surface area contributed by atoms with Gasteiger partial charge in [0.15, 0.2) is 0 Å². The molecule has 1 aliphatic carbocycles. The number of nitrogens with zero attached hydrogens (tertiary/aromatic N) is 2. The van der Waals surface area contributed by atoms with Crippen molar-refractivity contribution >= 4 is 27.3 Å². The molecular formula is C15H20N4O5S. The Morgan fingerprint density at radius 3 is 2.44 bits per heavy atom. The first-order valence-electron chi connectivity index (χ1n) is 8.24. The molecule has 0 atom stereocenters. The van der Waals surface area contributed by atoms with Crippen molar-refractivity contribution in [3.05, 3.63) is 28.3 Å². The third-order valence-corrected chi connectivity index (χ3v) is 6.56. The summed E-state index contributed by atoms with van der Waals surface area (Å²) in [6, 6.07) is 3.66. The number of nitrogens with one attached hydrogen (secondary N) is 2. The standard InChI is InChI=1S/C15H20N4O5S/c20-15(11-4-3-5-11)17-16-13-7-6-12(10-14(13)19(21)22)25(23,24)18-8-1-2-9-18/h6-7,10-11,16H,1-5,8-9H2,(H,17,20). The lowest BCUT2D eigenvalue weighted by molar-refractivity contribution is -0.384. The van der Waals surface area contributed by atoms with Crippen molar-refractivity contribution in [1.82, 2.24) is 9.73 Å². The van der Waals surface area contributed by atoms with Crippen molar-refractivity contribution in [3.8, 4) is 0 Å². The lowest BCUT2D eigenvalue weighted by Gasteiger charge is -2.24. The van der Waals surface area contributed by atoms with Crippen molar-refractivity contribution in [2.45, 2.75) is 37.0 Å². The van der Waals surface area contributed by atoms with Crippen LogP contribution in [0.2, 0.25) is 0 Å². The number of anilines is 1. The maximum atomic E-state index is 12.5. The number of nitro benzene ring substituents is 1. The van der Waals surface area contributed by atoms with Crippen molar-refractivity contribution in [3.63, 3.8) is 0 Å². The lowest BCUT2D eigenvalue weighted by atomic mass is 9.85. The molecule has 136 valence electrons. The van der Waals surface area contributed by atoms with Crippen molar-refractivity contribution in [2.24, 2.45) is 5.92 Å². The van der Waals surface area contributed by atoms with Crippen LogP contribution in [0.15, 0.2) is 23.1 Å². The number of hydrogen-bond acceptors (Lipinski definition) is 6. The molecule has 2 fully saturated rings. The predicted molar refractivity (Wildman–Crippen MR) is 90.2 cm³/mol. The van der Waals surface area contributed by atoms with Crippen LogP contribution in [0.3, 0.4) is 0 Å². The van der Waals surface area contributed by atoms with Gasteiger partial charge < -0.3 is 0 Å². The molecule has 1 saturated heterocycles. The Bertz CT molecular complexity index is 785. The Morgan fingerprint density at radius 2 is 1.88 bits per heavy atom. The van der Waals surface area contributed by atoms with Gasteiger partial charge in [0.05, 0.1) is 9.82 Å². The van der Waals surface area contributed by atoms with Crippen molar-refractivity contribution in [2.75, 3.05) is 18.5 Å². The van der Waals surface area contributed by atoms with Crippen LogP contribution >= 0.6 is 0 Å². The second kappa shape index (κ2) is 6.96. The van der Waals surface area contributed by atoms with Gasteiger partial charge in [-0.15, -0.1) is 0 Å². The summed E-state index contributed by atoms with van der Waals surface area (Å²) >= 11 is 0. The molecule has 1 aromatic carbocycles. The van der Waals surface area contributed by atoms with Gasteiger partial charge in [0.1, 0.15) is 5.69 Å². The van der Waals surface area contributed by atoms with Crippen LogP contribution in [0.1, 0.15) is 32.1 Å². The molecule has 0 radical (unpaired) electrons. The number of hydrogen-bond donors (Lipinski definition) is 2. The van der Waals surface area contributed by atoms with Crippen molar-refractivity contribution < 1.29 is 18.1 Å². The molecule has 0 bridgehead atoms. The first-order valence-corrected chi connectivity index (χ1v) is 9.68. The van der Waals surface area contributed by atoms with E-state index < -0.39 is 20.6 Å². The molecule has 9 nitrogen and oxygen atoms in total. The molecule has 0 unspecified atom stereocenters. The summed E-state index contributed by atoms with van der Waals surface area (Å²) < 4.78 is 26.4. The average molecular weight is 368 g/mol. The van der Waals surface area contributed by atoms with Crippen LogP contribution in [0.5, 0.6) is 0 Å². The van der Waals surface area contributed by atoms with E-state index in [2.05, 4.69) is 10.9 Å². The number of amides is 1. The smallest absolute Gasteiger partial charge is 0.292 e. The fraction of sp³-hybridized carbons (Fsp3) is 0.533. The molecule has 1 saturated carbocycles. The summed E-state index contributed by atoms with van der Waals surface area (Å²) in [7, 11) is -3.74. The van der Waals surface area contributed by atoms with Crippen molar-refractivity contribution in [1.29, 1.82) is 0 Å². The first kappa shape index (κ1) is 17.6. The van der Waals surface area contributed by atoms with E-state index in [1.54, 1.807) is 0 Å². The van der Waals surface area contributed by atoms with Gasteiger partial charge in [0.25, 0.3) is 5.69 Å². The summed E-state index contributed by atoms with van der Waals surface area (Å²) in [6.45, 7) is 0.848. The molecule has 25 heavy (non-hydrogen) atoms. The number of carbonyl (C=O) groups is 1. The number of sulfonamides is 1. The van der Waals surface area contributed by atoms with Gasteiger partial charge in [-0.1, -0.05) is 6.42 Å². The Morgan fingerprint density at radius 1 is 1.20 bits per heavy atom. The second-order valence-electron chi connectivity index (χ2n) is 6.29. The van der Waals surface area contributed by atoms with Crippen LogP contribution < -0.4 is 10.9 Å². The minimum absolute atomic E-state index is 0.0537. The normalized spacial score (nSPS) is 18.6. The Labute approximate surface area is 145 Å². The monoisotopic (exact) mass is 368 g/mol. The molecule has 1 heterocycles. The highest BCUT2D eigenvalue weighted by atomic mass is 32.2. The van der Waals surface area contributed by atoms with Crippen LogP contribution in [0.4, 0.5) is 11.4 Å². The quantitative estimate of drug-likeness (QED) is 0.581. The third kappa shape index (κ3) is 3.59. The van der Waals surface area contributed by atoms with Crippen LogP contribution in [0.25, 0.3) is 0 Å². The number of carbonyl (C=O) groups excluding carboxylic acids is 1. The highest BCUT2D eigenvalue weighted by Gasteiger charge is 2.30. The molecule has 10 heteroatoms. The molecule has 2 N–H and O–H groups in total. The van der Waals surface area contributed by atoms with E-state index in [0.717, 1.165) is 38.2 Å². The zero-order valence-corrected chi connectivity index (χ0v) is 14.4. The minimum atomic E-state index is -3.74. The Kier molecular flexibility index (Phi) is 4.91. The number of hydrazine groups is 1. The molecule has 0 spiro atoms. The lowest BCUT2D eigenvalue weighted by Crippen LogP contribution is -2.38. The van der Waals surface area contributed by atoms with Gasteiger partial charge >= 0.3 is 0 Å². The molecule has 3 rings (SSSR count). The zero-order valence-electron chi connectivity index (χ0n) is 13.6. The topological polar surface area (TPSA) is 122 Å². The van der Waals surface area contributed by atoms with Gasteiger partial charge in [-0.3, -0.25) is 25.8 Å². The highest BCUT2D eigenvalue weighted by Crippen LogP contribution is 2.30. The molecule has 1 aromatic rings. The average Bonchev–Trinajstić information content (AvgIpc) is 3.06. The SMILES string of the molecule is O=C(NNc1ccc(S(=O)(=O)N2CCCC2)cc1[N+](=O)[O-])C1CCC1. The second-order valence-corrected chi connectivity index (χ2v) is 8.23. The Hall–Kier alpha value is -2.20. The van der Waals surface area contributed by atoms with E-state index in [1.807, 2.05) is 0 Å². The predicted octanol–water partition coefficient (Wildman–Crippen LogP) is 1.62. The minimum Gasteiger partial charge on any atom is -0.292 e. The molecule has 1 aliphatic heterocycles. The number of benzene rings is 1. The molecule has 1 amide bonds. The van der Waals surface area contributed by atoms with Crippen LogP contribution in [-0.2, 0) is 14.8 Å².